The van der Waals surface area contributed by atoms with Crippen molar-refractivity contribution in [3.05, 3.63) is 41.6 Å². The highest BCUT2D eigenvalue weighted by molar-refractivity contribution is 5.91. The third-order valence-electron chi connectivity index (χ3n) is 4.60. The van der Waals surface area contributed by atoms with Crippen LogP contribution < -0.4 is 5.32 Å². The SMILES string of the molecule is C=Cc1[nH]c2cccc3c2c1C[C@H]1NCCCC31. The molecule has 1 fully saturated rings. The maximum absolute atomic E-state index is 3.94. The molecule has 1 unspecified atom stereocenters. The fourth-order valence-corrected chi connectivity index (χ4v) is 3.82. The summed E-state index contributed by atoms with van der Waals surface area (Å²) < 4.78 is 0. The summed E-state index contributed by atoms with van der Waals surface area (Å²) >= 11 is 0. The Morgan fingerprint density at radius 3 is 3.17 bits per heavy atom. The second-order valence-corrected chi connectivity index (χ2v) is 5.50. The average molecular weight is 238 g/mol. The highest BCUT2D eigenvalue weighted by Gasteiger charge is 2.33. The molecule has 2 aliphatic rings. The lowest BCUT2D eigenvalue weighted by Gasteiger charge is -2.36. The lowest BCUT2D eigenvalue weighted by Crippen LogP contribution is -2.43. The van der Waals surface area contributed by atoms with Crippen LogP contribution in [0.25, 0.3) is 17.0 Å². The number of aromatic nitrogens is 1. The van der Waals surface area contributed by atoms with E-state index in [0.29, 0.717) is 12.0 Å². The van der Waals surface area contributed by atoms with Gasteiger partial charge >= 0.3 is 0 Å². The standard InChI is InChI=1S/C16H18N2/c1-2-13-12-9-15-10(6-4-8-17-15)11-5-3-7-14(18-13)16(11)12/h2-3,5,7,10,15,17-18H,1,4,6,8-9H2/t10?,15-/m1/s1. The second-order valence-electron chi connectivity index (χ2n) is 5.50. The summed E-state index contributed by atoms with van der Waals surface area (Å²) in [6, 6.07) is 7.30. The van der Waals surface area contributed by atoms with Crippen LogP contribution in [0.3, 0.4) is 0 Å². The van der Waals surface area contributed by atoms with Crippen LogP contribution in [0.1, 0.15) is 35.6 Å². The zero-order valence-corrected chi connectivity index (χ0v) is 10.5. The lowest BCUT2D eigenvalue weighted by atomic mass is 9.75. The highest BCUT2D eigenvalue weighted by Crippen LogP contribution is 2.41. The van der Waals surface area contributed by atoms with Crippen molar-refractivity contribution in [1.29, 1.82) is 0 Å². The van der Waals surface area contributed by atoms with Gasteiger partial charge in [0.05, 0.1) is 0 Å². The first kappa shape index (κ1) is 10.4. The Morgan fingerprint density at radius 1 is 1.33 bits per heavy atom. The number of fused-ring (bicyclic) bond motifs is 2. The van der Waals surface area contributed by atoms with E-state index in [1.807, 2.05) is 6.08 Å². The largest absolute Gasteiger partial charge is 0.355 e. The molecule has 1 aromatic heterocycles. The summed E-state index contributed by atoms with van der Waals surface area (Å²) in [5.41, 5.74) is 5.49. The Morgan fingerprint density at radius 2 is 2.28 bits per heavy atom. The molecule has 1 aliphatic carbocycles. The fraction of sp³-hybridized carbons (Fsp3) is 0.375. The summed E-state index contributed by atoms with van der Waals surface area (Å²) in [4.78, 5) is 3.51. The summed E-state index contributed by atoms with van der Waals surface area (Å²) in [5.74, 6) is 0.698. The van der Waals surface area contributed by atoms with Gasteiger partial charge in [-0.05, 0) is 49.1 Å². The molecule has 4 rings (SSSR count). The van der Waals surface area contributed by atoms with Crippen molar-refractivity contribution in [1.82, 2.24) is 10.3 Å². The van der Waals surface area contributed by atoms with E-state index >= 15 is 0 Å². The second kappa shape index (κ2) is 3.72. The molecule has 1 aromatic carbocycles. The molecular weight excluding hydrogens is 220 g/mol. The van der Waals surface area contributed by atoms with E-state index in [-0.39, 0.29) is 0 Å². The Hall–Kier alpha value is -1.54. The van der Waals surface area contributed by atoms with Gasteiger partial charge in [-0.15, -0.1) is 0 Å². The number of H-pyrrole nitrogens is 1. The van der Waals surface area contributed by atoms with Gasteiger partial charge in [0.1, 0.15) is 0 Å². The predicted octanol–water partition coefficient (Wildman–Crippen LogP) is 3.20. The normalized spacial score (nSPS) is 26.0. The molecule has 2 atom stereocenters. The van der Waals surface area contributed by atoms with Crippen molar-refractivity contribution in [3.8, 4) is 0 Å². The monoisotopic (exact) mass is 238 g/mol. The Bertz CT molecular complexity index is 623. The van der Waals surface area contributed by atoms with Crippen LogP contribution in [0.15, 0.2) is 24.8 Å². The van der Waals surface area contributed by atoms with E-state index in [1.54, 1.807) is 0 Å². The van der Waals surface area contributed by atoms with Crippen LogP contribution in [-0.2, 0) is 6.42 Å². The van der Waals surface area contributed by atoms with Gasteiger partial charge in [-0.3, -0.25) is 0 Å². The quantitative estimate of drug-likeness (QED) is 0.784. The van der Waals surface area contributed by atoms with E-state index in [4.69, 9.17) is 0 Å². The van der Waals surface area contributed by atoms with Crippen LogP contribution in [0.2, 0.25) is 0 Å². The number of rotatable bonds is 1. The van der Waals surface area contributed by atoms with Crippen molar-refractivity contribution in [2.45, 2.75) is 31.2 Å². The van der Waals surface area contributed by atoms with E-state index in [0.717, 1.165) is 6.42 Å². The minimum Gasteiger partial charge on any atom is -0.355 e. The van der Waals surface area contributed by atoms with Crippen molar-refractivity contribution in [2.75, 3.05) is 6.54 Å². The summed E-state index contributed by atoms with van der Waals surface area (Å²) in [6.45, 7) is 5.11. The van der Waals surface area contributed by atoms with Crippen LogP contribution in [0.4, 0.5) is 0 Å². The molecule has 2 N–H and O–H groups in total. The zero-order valence-electron chi connectivity index (χ0n) is 10.5. The molecule has 0 bridgehead atoms. The van der Waals surface area contributed by atoms with Crippen molar-refractivity contribution >= 4 is 17.0 Å². The first-order valence-electron chi connectivity index (χ1n) is 6.88. The smallest absolute Gasteiger partial charge is 0.0464 e. The zero-order chi connectivity index (χ0) is 12.1. The van der Waals surface area contributed by atoms with Crippen molar-refractivity contribution in [3.63, 3.8) is 0 Å². The van der Waals surface area contributed by atoms with Gasteiger partial charge in [-0.25, -0.2) is 0 Å². The number of nitrogens with one attached hydrogen (secondary N) is 2. The van der Waals surface area contributed by atoms with Gasteiger partial charge in [0.25, 0.3) is 0 Å². The maximum atomic E-state index is 3.94. The van der Waals surface area contributed by atoms with E-state index in [1.165, 1.54) is 47.1 Å². The number of aromatic amines is 1. The summed E-state index contributed by atoms with van der Waals surface area (Å²) in [5, 5.41) is 5.17. The Kier molecular flexibility index (Phi) is 2.15. The molecule has 2 nitrogen and oxygen atoms in total. The fourth-order valence-electron chi connectivity index (χ4n) is 3.82. The first-order valence-corrected chi connectivity index (χ1v) is 6.88. The molecule has 1 saturated heterocycles. The molecule has 2 heteroatoms. The van der Waals surface area contributed by atoms with E-state index in [9.17, 15) is 0 Å². The van der Waals surface area contributed by atoms with Crippen molar-refractivity contribution < 1.29 is 0 Å². The topological polar surface area (TPSA) is 27.8 Å². The lowest BCUT2D eigenvalue weighted by molar-refractivity contribution is 0.345. The molecule has 0 amide bonds. The molecule has 92 valence electrons. The third-order valence-corrected chi connectivity index (χ3v) is 4.60. The van der Waals surface area contributed by atoms with Crippen LogP contribution >= 0.6 is 0 Å². The van der Waals surface area contributed by atoms with E-state index in [2.05, 4.69) is 35.1 Å². The van der Waals surface area contributed by atoms with Gasteiger partial charge in [-0.2, -0.15) is 0 Å². The highest BCUT2D eigenvalue weighted by atomic mass is 14.9. The maximum Gasteiger partial charge on any atom is 0.0464 e. The van der Waals surface area contributed by atoms with Gasteiger partial charge in [0.2, 0.25) is 0 Å². The number of piperidine rings is 1. The Balaban J connectivity index is 2.01. The summed E-state index contributed by atoms with van der Waals surface area (Å²) in [6.07, 6.45) is 5.72. The van der Waals surface area contributed by atoms with Crippen LogP contribution in [-0.4, -0.2) is 17.6 Å². The van der Waals surface area contributed by atoms with Gasteiger partial charge in [0.15, 0.2) is 0 Å². The van der Waals surface area contributed by atoms with Gasteiger partial charge < -0.3 is 10.3 Å². The minimum absolute atomic E-state index is 0.617. The van der Waals surface area contributed by atoms with Gasteiger partial charge in [-0.1, -0.05) is 18.7 Å². The number of benzene rings is 1. The average Bonchev–Trinajstić information content (AvgIpc) is 2.79. The molecule has 0 radical (unpaired) electrons. The first-order chi connectivity index (χ1) is 8.88. The number of hydrogen-bond donors (Lipinski definition) is 2. The predicted molar refractivity (Wildman–Crippen MR) is 75.9 cm³/mol. The van der Waals surface area contributed by atoms with Crippen molar-refractivity contribution in [2.24, 2.45) is 0 Å². The molecule has 2 heterocycles. The molecule has 1 aliphatic heterocycles. The molecule has 18 heavy (non-hydrogen) atoms. The minimum atomic E-state index is 0.617. The number of hydrogen-bond acceptors (Lipinski definition) is 1. The van der Waals surface area contributed by atoms with Gasteiger partial charge in [0, 0.05) is 28.6 Å². The van der Waals surface area contributed by atoms with Crippen LogP contribution in [0, 0.1) is 0 Å². The van der Waals surface area contributed by atoms with Crippen LogP contribution in [0.5, 0.6) is 0 Å². The Labute approximate surface area is 107 Å². The molecule has 2 aromatic rings. The molecular formula is C16H18N2. The molecule has 0 spiro atoms. The third kappa shape index (κ3) is 1.27. The van der Waals surface area contributed by atoms with E-state index < -0.39 is 0 Å². The summed E-state index contributed by atoms with van der Waals surface area (Å²) in [7, 11) is 0. The molecule has 0 saturated carbocycles.